The Labute approximate surface area is 123 Å². The number of ether oxygens (including phenoxy) is 2. The maximum absolute atomic E-state index is 12.1. The number of benzene rings is 2. The molecule has 2 aromatic rings. The Bertz CT molecular complexity index is 618. The monoisotopic (exact) mass is 287 g/mol. The highest BCUT2D eigenvalue weighted by molar-refractivity contribution is 6.01. The molecule has 110 valence electrons. The second-order valence-electron chi connectivity index (χ2n) is 4.40. The van der Waals surface area contributed by atoms with Gasteiger partial charge in [-0.2, -0.15) is 0 Å². The third-order valence-electron chi connectivity index (χ3n) is 3.01. The minimum atomic E-state index is -0.199. The molecule has 0 amide bonds. The van der Waals surface area contributed by atoms with E-state index in [1.165, 1.54) is 6.07 Å². The van der Waals surface area contributed by atoms with Gasteiger partial charge in [0.2, 0.25) is 0 Å². The van der Waals surface area contributed by atoms with E-state index in [0.717, 1.165) is 0 Å². The van der Waals surface area contributed by atoms with Crippen LogP contribution in [0.4, 0.5) is 5.69 Å². The molecule has 2 N–H and O–H groups in total. The average Bonchev–Trinajstić information content (AvgIpc) is 2.52. The van der Waals surface area contributed by atoms with Crippen molar-refractivity contribution in [3.05, 3.63) is 48.0 Å². The number of carbonyl (C=O) groups excluding carboxylic acids is 1. The molecular formula is C16H17NO4. The smallest absolute Gasteiger partial charge is 0.185 e. The first-order chi connectivity index (χ1) is 10.1. The lowest BCUT2D eigenvalue weighted by Gasteiger charge is -2.10. The Kier molecular flexibility index (Phi) is 4.66. The number of Topliss-reactive ketones (excluding diaryl/α,β-unsaturated/α-hetero) is 1. The maximum atomic E-state index is 12.1. The first kappa shape index (κ1) is 14.7. The van der Waals surface area contributed by atoms with Gasteiger partial charge in [0.1, 0.15) is 17.2 Å². The lowest BCUT2D eigenvalue weighted by atomic mass is 10.1. The number of phenols is 1. The first-order valence-electron chi connectivity index (χ1n) is 6.42. The van der Waals surface area contributed by atoms with E-state index in [0.29, 0.717) is 22.7 Å². The van der Waals surface area contributed by atoms with Crippen LogP contribution in [0.2, 0.25) is 0 Å². The minimum Gasteiger partial charge on any atom is -0.507 e. The first-order valence-corrected chi connectivity index (χ1v) is 6.42. The van der Waals surface area contributed by atoms with E-state index in [4.69, 9.17) is 9.47 Å². The Morgan fingerprint density at radius 3 is 2.29 bits per heavy atom. The summed E-state index contributed by atoms with van der Waals surface area (Å²) >= 11 is 0. The van der Waals surface area contributed by atoms with Gasteiger partial charge in [-0.3, -0.25) is 4.79 Å². The fourth-order valence-corrected chi connectivity index (χ4v) is 1.90. The highest BCUT2D eigenvalue weighted by atomic mass is 16.5. The second-order valence-corrected chi connectivity index (χ2v) is 4.40. The van der Waals surface area contributed by atoms with E-state index in [9.17, 15) is 9.90 Å². The SMILES string of the molecule is COc1cc(NCC(=O)c2ccccc2O)cc(OC)c1. The predicted molar refractivity (Wildman–Crippen MR) is 80.5 cm³/mol. The lowest BCUT2D eigenvalue weighted by Crippen LogP contribution is -2.14. The van der Waals surface area contributed by atoms with Crippen LogP contribution in [0.3, 0.4) is 0 Å². The van der Waals surface area contributed by atoms with Crippen LogP contribution in [0.1, 0.15) is 10.4 Å². The number of rotatable bonds is 6. The second kappa shape index (κ2) is 6.65. The fraction of sp³-hybridized carbons (Fsp3) is 0.188. The summed E-state index contributed by atoms with van der Waals surface area (Å²) in [7, 11) is 3.12. The number of nitrogens with one attached hydrogen (secondary N) is 1. The number of hydrogen-bond donors (Lipinski definition) is 2. The van der Waals surface area contributed by atoms with Crippen molar-refractivity contribution in [2.45, 2.75) is 0 Å². The zero-order valence-electron chi connectivity index (χ0n) is 11.9. The summed E-state index contributed by atoms with van der Waals surface area (Å²) in [5.41, 5.74) is 0.995. The molecule has 0 radical (unpaired) electrons. The number of carbonyl (C=O) groups is 1. The van der Waals surface area contributed by atoms with Gasteiger partial charge < -0.3 is 19.9 Å². The molecule has 0 aromatic heterocycles. The largest absolute Gasteiger partial charge is 0.507 e. The third-order valence-corrected chi connectivity index (χ3v) is 3.01. The molecular weight excluding hydrogens is 270 g/mol. The third kappa shape index (κ3) is 3.66. The van der Waals surface area contributed by atoms with Gasteiger partial charge in [-0.25, -0.2) is 0 Å². The van der Waals surface area contributed by atoms with Gasteiger partial charge in [0, 0.05) is 23.9 Å². The van der Waals surface area contributed by atoms with E-state index in [1.54, 1.807) is 50.6 Å². The van der Waals surface area contributed by atoms with Crippen LogP contribution in [0.25, 0.3) is 0 Å². The Morgan fingerprint density at radius 1 is 1.10 bits per heavy atom. The molecule has 0 aliphatic rings. The molecule has 0 saturated heterocycles. The quantitative estimate of drug-likeness (QED) is 0.800. The maximum Gasteiger partial charge on any atom is 0.185 e. The van der Waals surface area contributed by atoms with E-state index in [2.05, 4.69) is 5.32 Å². The van der Waals surface area contributed by atoms with Crippen LogP contribution in [0.5, 0.6) is 17.2 Å². The van der Waals surface area contributed by atoms with E-state index >= 15 is 0 Å². The standard InChI is InChI=1S/C16H17NO4/c1-20-12-7-11(8-13(9-12)21-2)17-10-16(19)14-5-3-4-6-15(14)18/h3-9,17-18H,10H2,1-2H3. The number of phenolic OH excluding ortho intramolecular Hbond substituents is 1. The molecule has 0 atom stereocenters. The van der Waals surface area contributed by atoms with Crippen molar-refractivity contribution >= 4 is 11.5 Å². The molecule has 5 nitrogen and oxygen atoms in total. The van der Waals surface area contributed by atoms with Crippen LogP contribution in [-0.4, -0.2) is 31.7 Å². The normalized spacial score (nSPS) is 10.0. The van der Waals surface area contributed by atoms with Crippen molar-refractivity contribution < 1.29 is 19.4 Å². The molecule has 5 heteroatoms. The molecule has 0 spiro atoms. The van der Waals surface area contributed by atoms with Gasteiger partial charge >= 0.3 is 0 Å². The van der Waals surface area contributed by atoms with Crippen LogP contribution in [0.15, 0.2) is 42.5 Å². The topological polar surface area (TPSA) is 67.8 Å². The summed E-state index contributed by atoms with van der Waals surface area (Å²) in [5.74, 6) is 1.04. The van der Waals surface area contributed by atoms with Gasteiger partial charge in [-0.15, -0.1) is 0 Å². The van der Waals surface area contributed by atoms with Crippen molar-refractivity contribution in [3.63, 3.8) is 0 Å². The molecule has 0 unspecified atom stereocenters. The lowest BCUT2D eigenvalue weighted by molar-refractivity contribution is 0.100. The van der Waals surface area contributed by atoms with Gasteiger partial charge in [0.25, 0.3) is 0 Å². The van der Waals surface area contributed by atoms with Crippen LogP contribution in [0, 0.1) is 0 Å². The molecule has 2 aromatic carbocycles. The number of methoxy groups -OCH3 is 2. The molecule has 0 aliphatic carbocycles. The zero-order chi connectivity index (χ0) is 15.2. The van der Waals surface area contributed by atoms with Crippen molar-refractivity contribution in [1.29, 1.82) is 0 Å². The zero-order valence-corrected chi connectivity index (χ0v) is 11.9. The number of hydrogen-bond acceptors (Lipinski definition) is 5. The van der Waals surface area contributed by atoms with Gasteiger partial charge in [-0.1, -0.05) is 12.1 Å². The van der Waals surface area contributed by atoms with Crippen molar-refractivity contribution in [3.8, 4) is 17.2 Å². The van der Waals surface area contributed by atoms with Gasteiger partial charge in [0.05, 0.1) is 26.3 Å². The Balaban J connectivity index is 2.09. The summed E-state index contributed by atoms with van der Waals surface area (Å²) < 4.78 is 10.3. The van der Waals surface area contributed by atoms with Crippen molar-refractivity contribution in [2.24, 2.45) is 0 Å². The summed E-state index contributed by atoms with van der Waals surface area (Å²) in [6, 6.07) is 11.7. The van der Waals surface area contributed by atoms with E-state index < -0.39 is 0 Å². The van der Waals surface area contributed by atoms with Crippen LogP contribution in [-0.2, 0) is 0 Å². The summed E-state index contributed by atoms with van der Waals surface area (Å²) in [6.07, 6.45) is 0. The van der Waals surface area contributed by atoms with Crippen molar-refractivity contribution in [1.82, 2.24) is 0 Å². The molecule has 0 fully saturated rings. The van der Waals surface area contributed by atoms with Gasteiger partial charge in [-0.05, 0) is 12.1 Å². The summed E-state index contributed by atoms with van der Waals surface area (Å²) in [6.45, 7) is 0.0634. The Morgan fingerprint density at radius 2 is 1.71 bits per heavy atom. The molecule has 0 bridgehead atoms. The number of anilines is 1. The average molecular weight is 287 g/mol. The fourth-order valence-electron chi connectivity index (χ4n) is 1.90. The number of para-hydroxylation sites is 1. The highest BCUT2D eigenvalue weighted by Crippen LogP contribution is 2.26. The minimum absolute atomic E-state index is 0.0208. The molecule has 2 rings (SSSR count). The number of ketones is 1. The summed E-state index contributed by atoms with van der Waals surface area (Å²) in [4.78, 5) is 12.1. The molecule has 0 saturated carbocycles. The highest BCUT2D eigenvalue weighted by Gasteiger charge is 2.10. The number of aromatic hydroxyl groups is 1. The van der Waals surface area contributed by atoms with Crippen LogP contribution < -0.4 is 14.8 Å². The molecule has 21 heavy (non-hydrogen) atoms. The van der Waals surface area contributed by atoms with E-state index in [-0.39, 0.29) is 18.1 Å². The van der Waals surface area contributed by atoms with E-state index in [1.807, 2.05) is 0 Å². The Hall–Kier alpha value is -2.69. The molecule has 0 heterocycles. The van der Waals surface area contributed by atoms with Crippen molar-refractivity contribution in [2.75, 3.05) is 26.1 Å². The van der Waals surface area contributed by atoms with Gasteiger partial charge in [0.15, 0.2) is 5.78 Å². The predicted octanol–water partition coefficient (Wildman–Crippen LogP) is 2.70. The van der Waals surface area contributed by atoms with Crippen LogP contribution >= 0.6 is 0 Å². The molecule has 0 aliphatic heterocycles. The summed E-state index contributed by atoms with van der Waals surface area (Å²) in [5, 5.41) is 12.7.